The Labute approximate surface area is 170 Å². The van der Waals surface area contributed by atoms with Gasteiger partial charge in [0.2, 0.25) is 0 Å². The third-order valence-corrected chi connectivity index (χ3v) is 5.04. The van der Waals surface area contributed by atoms with E-state index in [1.165, 1.54) is 18.2 Å². The second-order valence-corrected chi connectivity index (χ2v) is 8.26. The minimum absolute atomic E-state index is 0.193. The smallest absolute Gasteiger partial charge is 0.172 e. The van der Waals surface area contributed by atoms with Crippen molar-refractivity contribution in [3.8, 4) is 18.2 Å². The van der Waals surface area contributed by atoms with Crippen molar-refractivity contribution in [1.29, 1.82) is 15.8 Å². The highest BCUT2D eigenvalue weighted by atomic mass is 19.2. The second-order valence-electron chi connectivity index (χ2n) is 8.26. The van der Waals surface area contributed by atoms with Gasteiger partial charge >= 0.3 is 0 Å². The number of nitrogens with zero attached hydrogens (tertiary/aromatic N) is 4. The van der Waals surface area contributed by atoms with Gasteiger partial charge in [-0.2, -0.15) is 15.8 Å². The van der Waals surface area contributed by atoms with Crippen LogP contribution in [0.3, 0.4) is 0 Å². The maximum atomic E-state index is 14.6. The number of halogens is 4. The first-order chi connectivity index (χ1) is 13.8. The average Bonchev–Trinajstić information content (AvgIpc) is 2.66. The van der Waals surface area contributed by atoms with E-state index in [2.05, 4.69) is 5.32 Å². The summed E-state index contributed by atoms with van der Waals surface area (Å²) in [6, 6.07) is 3.26. The average molecular weight is 420 g/mol. The van der Waals surface area contributed by atoms with Crippen molar-refractivity contribution in [1.82, 2.24) is 10.4 Å². The summed E-state index contributed by atoms with van der Waals surface area (Å²) in [7, 11) is 0. The molecule has 1 aromatic rings. The molecule has 1 aromatic carbocycles. The van der Waals surface area contributed by atoms with Crippen LogP contribution in [0.5, 0.6) is 0 Å². The first kappa shape index (κ1) is 23.2. The van der Waals surface area contributed by atoms with Gasteiger partial charge in [-0.3, -0.25) is 0 Å². The molecule has 0 aromatic heterocycles. The zero-order valence-electron chi connectivity index (χ0n) is 16.7. The summed E-state index contributed by atoms with van der Waals surface area (Å²) >= 11 is 0. The Balaban J connectivity index is 2.74. The van der Waals surface area contributed by atoms with E-state index in [1.54, 1.807) is 27.7 Å². The molecule has 1 heterocycles. The number of hydrogen-bond donors (Lipinski definition) is 1. The molecule has 1 aliphatic rings. The lowest BCUT2D eigenvalue weighted by Gasteiger charge is -2.50. The van der Waals surface area contributed by atoms with Crippen molar-refractivity contribution in [2.24, 2.45) is 0 Å². The van der Waals surface area contributed by atoms with Crippen molar-refractivity contribution < 1.29 is 22.8 Å². The molecule has 2 rings (SSSR count). The van der Waals surface area contributed by atoms with Crippen LogP contribution in [0, 0.1) is 57.3 Å². The molecule has 0 unspecified atom stereocenters. The molecule has 30 heavy (non-hydrogen) atoms. The van der Waals surface area contributed by atoms with Gasteiger partial charge in [-0.25, -0.2) is 17.6 Å². The van der Waals surface area contributed by atoms with Crippen LogP contribution in [0.2, 0.25) is 0 Å². The fourth-order valence-electron chi connectivity index (χ4n) is 3.94. The molecule has 1 saturated heterocycles. The molecule has 1 aliphatic heterocycles. The van der Waals surface area contributed by atoms with Gasteiger partial charge in [-0.1, -0.05) is 0 Å². The number of rotatable bonds is 2. The molecule has 157 valence electrons. The maximum Gasteiger partial charge on any atom is 0.172 e. The first-order valence-corrected chi connectivity index (χ1v) is 8.87. The summed E-state index contributed by atoms with van der Waals surface area (Å²) in [5.41, 5.74) is -3.66. The molecule has 0 saturated carbocycles. The fourth-order valence-corrected chi connectivity index (χ4v) is 3.94. The van der Waals surface area contributed by atoms with Gasteiger partial charge < -0.3 is 5.32 Å². The highest BCUT2D eigenvalue weighted by Gasteiger charge is 2.46. The Hall–Kier alpha value is -3.13. The predicted molar refractivity (Wildman–Crippen MR) is 96.0 cm³/mol. The van der Waals surface area contributed by atoms with E-state index in [0.29, 0.717) is 0 Å². The van der Waals surface area contributed by atoms with E-state index in [1.807, 2.05) is 0 Å². The Morgan fingerprint density at radius 2 is 1.27 bits per heavy atom. The third kappa shape index (κ3) is 3.82. The molecule has 10 heteroatoms. The van der Waals surface area contributed by atoms with E-state index in [-0.39, 0.29) is 12.8 Å². The summed E-state index contributed by atoms with van der Waals surface area (Å²) in [5.74, 6) is -7.72. The predicted octanol–water partition coefficient (Wildman–Crippen LogP) is 2.03. The van der Waals surface area contributed by atoms with Gasteiger partial charge in [0.15, 0.2) is 23.3 Å². The summed E-state index contributed by atoms with van der Waals surface area (Å²) in [5, 5.41) is 40.2. The lowest BCUT2D eigenvalue weighted by atomic mass is 9.79. The van der Waals surface area contributed by atoms with Gasteiger partial charge in [0, 0.05) is 17.1 Å². The zero-order chi connectivity index (χ0) is 23.0. The third-order valence-electron chi connectivity index (χ3n) is 5.04. The number of hydrogen-bond acceptors (Lipinski definition) is 5. The minimum atomic E-state index is -1.95. The normalized spacial score (nSPS) is 18.1. The molecule has 0 spiro atoms. The van der Waals surface area contributed by atoms with Crippen LogP contribution >= 0.6 is 0 Å². The monoisotopic (exact) mass is 420 g/mol. The topological polar surface area (TPSA) is 107 Å². The lowest BCUT2D eigenvalue weighted by molar-refractivity contribution is -0.289. The second kappa shape index (κ2) is 7.95. The van der Waals surface area contributed by atoms with Crippen LogP contribution < -0.4 is 15.8 Å². The number of hydroxylamine groups is 2. The highest BCUT2D eigenvalue weighted by Crippen LogP contribution is 2.37. The summed E-state index contributed by atoms with van der Waals surface area (Å²) in [6.45, 7) is 6.66. The van der Waals surface area contributed by atoms with Crippen molar-refractivity contribution in [2.45, 2.75) is 57.7 Å². The molecule has 0 amide bonds. The SMILES string of the molecule is CC1(C)CC(NC(C#N)=c2c(F)c(F)c(=C(C#N)C#N)c(F)c2F)CC(C)(C)N1[O]. The highest BCUT2D eigenvalue weighted by molar-refractivity contribution is 5.73. The summed E-state index contributed by atoms with van der Waals surface area (Å²) in [4.78, 5) is 0. The van der Waals surface area contributed by atoms with E-state index >= 15 is 0 Å². The molecular formula is C20H18F4N5O. The van der Waals surface area contributed by atoms with Crippen LogP contribution in [-0.4, -0.2) is 22.2 Å². The van der Waals surface area contributed by atoms with Crippen molar-refractivity contribution in [3.63, 3.8) is 0 Å². The van der Waals surface area contributed by atoms with Crippen LogP contribution in [0.15, 0.2) is 0 Å². The van der Waals surface area contributed by atoms with Gasteiger partial charge in [0.05, 0.1) is 10.4 Å². The van der Waals surface area contributed by atoms with Crippen molar-refractivity contribution in [3.05, 3.63) is 33.7 Å². The molecule has 1 N–H and O–H groups in total. The number of nitrogens with one attached hydrogen (secondary N) is 1. The molecule has 6 nitrogen and oxygen atoms in total. The van der Waals surface area contributed by atoms with E-state index in [4.69, 9.17) is 10.5 Å². The Bertz CT molecular complexity index is 1070. The van der Waals surface area contributed by atoms with Crippen LogP contribution in [0.4, 0.5) is 17.6 Å². The Morgan fingerprint density at radius 1 is 0.867 bits per heavy atom. The van der Waals surface area contributed by atoms with Crippen LogP contribution in [-0.2, 0) is 5.21 Å². The standard InChI is InChI=1S/C20H18F4N5O/c1-19(2)5-11(6-20(3,4)29(19)30)28-12(9-27)14-17(23)15(21)13(10(7-25)8-26)16(22)18(14)24/h11,28H,5-6H2,1-4H3. The fraction of sp³-hybridized carbons (Fsp3) is 0.450. The number of piperidine rings is 1. The van der Waals surface area contributed by atoms with Crippen molar-refractivity contribution in [2.75, 3.05) is 0 Å². The van der Waals surface area contributed by atoms with Gasteiger partial charge in [0.25, 0.3) is 0 Å². The molecule has 0 bridgehead atoms. The van der Waals surface area contributed by atoms with Crippen LogP contribution in [0.1, 0.15) is 40.5 Å². The molecular weight excluding hydrogens is 402 g/mol. The van der Waals surface area contributed by atoms with E-state index in [9.17, 15) is 28.0 Å². The van der Waals surface area contributed by atoms with Crippen LogP contribution in [0.25, 0.3) is 11.3 Å². The minimum Gasteiger partial charge on any atom is -0.373 e. The van der Waals surface area contributed by atoms with Crippen molar-refractivity contribution >= 4 is 11.3 Å². The quantitative estimate of drug-likeness (QED) is 0.582. The lowest BCUT2D eigenvalue weighted by Crippen LogP contribution is -2.61. The number of benzene rings is 1. The van der Waals surface area contributed by atoms with Gasteiger partial charge in [-0.05, 0) is 40.5 Å². The summed E-state index contributed by atoms with van der Waals surface area (Å²) < 4.78 is 58.0. The first-order valence-electron chi connectivity index (χ1n) is 8.87. The summed E-state index contributed by atoms with van der Waals surface area (Å²) in [6.07, 6.45) is 0.385. The number of nitriles is 3. The largest absolute Gasteiger partial charge is 0.373 e. The molecule has 1 fully saturated rings. The molecule has 1 radical (unpaired) electrons. The Kier molecular flexibility index (Phi) is 6.13. The maximum absolute atomic E-state index is 14.6. The zero-order valence-corrected chi connectivity index (χ0v) is 16.7. The molecule has 0 atom stereocenters. The van der Waals surface area contributed by atoms with Gasteiger partial charge in [0.1, 0.15) is 29.5 Å². The Morgan fingerprint density at radius 3 is 1.63 bits per heavy atom. The van der Waals surface area contributed by atoms with Gasteiger partial charge in [-0.15, -0.1) is 10.3 Å². The molecule has 0 aliphatic carbocycles. The van der Waals surface area contributed by atoms with E-state index < -0.39 is 62.1 Å². The van der Waals surface area contributed by atoms with E-state index in [0.717, 1.165) is 5.06 Å².